The van der Waals surface area contributed by atoms with E-state index in [0.717, 1.165) is 6.04 Å². The molecule has 0 aromatic rings. The Hall–Kier alpha value is 0.757. The Morgan fingerprint density at radius 1 is 1.57 bits per heavy atom. The number of halogens is 2. The van der Waals surface area contributed by atoms with Crippen molar-refractivity contribution in [3.05, 3.63) is 0 Å². The molecule has 0 aliphatic rings. The van der Waals surface area contributed by atoms with Crippen LogP contribution in [0.4, 0.5) is 0 Å². The number of nitrogens with two attached hydrogens (primary N) is 1. The second-order valence-electron chi connectivity index (χ2n) is 1.61. The first-order valence-corrected chi connectivity index (χ1v) is 6.87. The molecular weight excluding hydrogens is 149 g/mol. The van der Waals surface area contributed by atoms with Crippen molar-refractivity contribution in [2.24, 2.45) is 5.73 Å². The third-order valence-corrected chi connectivity index (χ3v) is 2.88. The third kappa shape index (κ3) is 6.76. The maximum Gasteiger partial charge on any atom is 0.249 e. The van der Waals surface area contributed by atoms with Crippen LogP contribution in [0.2, 0.25) is 12.6 Å². The third-order valence-electron chi connectivity index (χ3n) is 0.583. The zero-order chi connectivity index (χ0) is 5.91. The van der Waals surface area contributed by atoms with E-state index in [9.17, 15) is 0 Å². The first kappa shape index (κ1) is 7.76. The predicted molar refractivity (Wildman–Crippen MR) is 37.2 cm³/mol. The maximum atomic E-state index is 5.66. The van der Waals surface area contributed by atoms with Crippen molar-refractivity contribution in [3.8, 4) is 0 Å². The Labute approximate surface area is 54.2 Å². The predicted octanol–water partition coefficient (Wildman–Crippen LogP) is 1.49. The van der Waals surface area contributed by atoms with Gasteiger partial charge in [-0.25, -0.2) is 0 Å². The van der Waals surface area contributed by atoms with Crippen LogP contribution < -0.4 is 5.73 Å². The van der Waals surface area contributed by atoms with Gasteiger partial charge in [0.2, 0.25) is 6.69 Å². The summed E-state index contributed by atoms with van der Waals surface area (Å²) >= 11 is 11.3. The molecule has 0 spiro atoms. The lowest BCUT2D eigenvalue weighted by atomic mass is 10.8. The highest BCUT2D eigenvalue weighted by atomic mass is 35.7. The molecule has 0 aliphatic heterocycles. The molecule has 0 saturated heterocycles. The molecule has 0 amide bonds. The molecule has 0 bridgehead atoms. The standard InChI is InChI=1S/C3H9Cl2NSi/c1-7(4,5)3-2-6/h2-3,6H2,1H3. The van der Waals surface area contributed by atoms with Crippen molar-refractivity contribution in [2.45, 2.75) is 12.6 Å². The minimum atomic E-state index is -1.84. The lowest BCUT2D eigenvalue weighted by Crippen LogP contribution is -2.17. The molecular formula is C3H9Cl2NSi. The molecule has 0 radical (unpaired) electrons. The summed E-state index contributed by atoms with van der Waals surface area (Å²) in [5.74, 6) is 0. The molecule has 4 heteroatoms. The van der Waals surface area contributed by atoms with E-state index in [-0.39, 0.29) is 0 Å². The molecule has 0 fully saturated rings. The van der Waals surface area contributed by atoms with Gasteiger partial charge in [-0.15, -0.1) is 22.2 Å². The van der Waals surface area contributed by atoms with E-state index in [1.54, 1.807) is 0 Å². The molecule has 0 heterocycles. The molecule has 0 rings (SSSR count). The molecule has 1 nitrogen and oxygen atoms in total. The maximum absolute atomic E-state index is 5.66. The van der Waals surface area contributed by atoms with Crippen LogP contribution in [0.1, 0.15) is 0 Å². The lowest BCUT2D eigenvalue weighted by Gasteiger charge is -2.05. The van der Waals surface area contributed by atoms with Crippen molar-refractivity contribution in [1.82, 2.24) is 0 Å². The second-order valence-corrected chi connectivity index (χ2v) is 9.83. The quantitative estimate of drug-likeness (QED) is 0.478. The van der Waals surface area contributed by atoms with E-state index in [1.165, 1.54) is 0 Å². The molecule has 44 valence electrons. The summed E-state index contributed by atoms with van der Waals surface area (Å²) in [5, 5.41) is 0. The van der Waals surface area contributed by atoms with Gasteiger partial charge in [0.15, 0.2) is 0 Å². The highest BCUT2D eigenvalue weighted by Gasteiger charge is 2.18. The van der Waals surface area contributed by atoms with Crippen LogP contribution in [-0.2, 0) is 0 Å². The van der Waals surface area contributed by atoms with Crippen molar-refractivity contribution >= 4 is 28.9 Å². The molecule has 0 aromatic heterocycles. The van der Waals surface area contributed by atoms with Crippen LogP contribution in [0.25, 0.3) is 0 Å². The Morgan fingerprint density at radius 3 is 2.00 bits per heavy atom. The van der Waals surface area contributed by atoms with E-state index >= 15 is 0 Å². The van der Waals surface area contributed by atoms with Gasteiger partial charge >= 0.3 is 0 Å². The summed E-state index contributed by atoms with van der Waals surface area (Å²) < 4.78 is 0. The smallest absolute Gasteiger partial charge is 0.249 e. The molecule has 0 atom stereocenters. The second kappa shape index (κ2) is 2.92. The number of hydrogen-bond donors (Lipinski definition) is 1. The van der Waals surface area contributed by atoms with Crippen molar-refractivity contribution in [2.75, 3.05) is 6.54 Å². The summed E-state index contributed by atoms with van der Waals surface area (Å²) in [7, 11) is 0. The number of rotatable bonds is 2. The Kier molecular flexibility index (Phi) is 3.24. The molecule has 7 heavy (non-hydrogen) atoms. The van der Waals surface area contributed by atoms with Crippen LogP contribution in [0, 0.1) is 0 Å². The first-order valence-electron chi connectivity index (χ1n) is 2.14. The van der Waals surface area contributed by atoms with Gasteiger partial charge in [0.25, 0.3) is 0 Å². The molecule has 0 aromatic carbocycles. The fourth-order valence-electron chi connectivity index (χ4n) is 0.253. The van der Waals surface area contributed by atoms with Crippen molar-refractivity contribution in [3.63, 3.8) is 0 Å². The average Bonchev–Trinajstić information content (AvgIpc) is 1.30. The Morgan fingerprint density at radius 2 is 2.00 bits per heavy atom. The van der Waals surface area contributed by atoms with E-state index in [1.807, 2.05) is 6.55 Å². The minimum absolute atomic E-state index is 0.607. The summed E-state index contributed by atoms with van der Waals surface area (Å²) in [5.41, 5.74) is 5.18. The average molecular weight is 158 g/mol. The van der Waals surface area contributed by atoms with Gasteiger partial charge in [-0.3, -0.25) is 0 Å². The highest BCUT2D eigenvalue weighted by molar-refractivity contribution is 7.44. The fourth-order valence-corrected chi connectivity index (χ4v) is 1.41. The summed E-state index contributed by atoms with van der Waals surface area (Å²) in [6.45, 7) is 0.633. The number of hydrogen-bond acceptors (Lipinski definition) is 1. The Bertz CT molecular complexity index is 51.4. The van der Waals surface area contributed by atoms with Crippen LogP contribution in [0.3, 0.4) is 0 Å². The zero-order valence-electron chi connectivity index (χ0n) is 4.25. The van der Waals surface area contributed by atoms with Gasteiger partial charge in [0.05, 0.1) is 0 Å². The zero-order valence-corrected chi connectivity index (χ0v) is 6.76. The topological polar surface area (TPSA) is 26.0 Å². The first-order chi connectivity index (χ1) is 3.06. The van der Waals surface area contributed by atoms with Crippen molar-refractivity contribution < 1.29 is 0 Å². The van der Waals surface area contributed by atoms with Gasteiger partial charge in [-0.1, -0.05) is 0 Å². The van der Waals surface area contributed by atoms with Gasteiger partial charge in [0, 0.05) is 0 Å². The van der Waals surface area contributed by atoms with Gasteiger partial charge in [0.1, 0.15) is 0 Å². The SMILES string of the molecule is C[Si](Cl)(Cl)CCN. The van der Waals surface area contributed by atoms with Crippen LogP contribution in [-0.4, -0.2) is 13.2 Å². The minimum Gasteiger partial charge on any atom is -0.331 e. The van der Waals surface area contributed by atoms with Crippen LogP contribution >= 0.6 is 22.2 Å². The van der Waals surface area contributed by atoms with Gasteiger partial charge < -0.3 is 5.73 Å². The highest BCUT2D eigenvalue weighted by Crippen LogP contribution is 2.17. The van der Waals surface area contributed by atoms with E-state index in [0.29, 0.717) is 6.54 Å². The van der Waals surface area contributed by atoms with Crippen LogP contribution in [0.15, 0.2) is 0 Å². The molecule has 0 saturated carbocycles. The lowest BCUT2D eigenvalue weighted by molar-refractivity contribution is 1.11. The van der Waals surface area contributed by atoms with Crippen molar-refractivity contribution in [1.29, 1.82) is 0 Å². The Balaban J connectivity index is 3.15. The molecule has 0 unspecified atom stereocenters. The summed E-state index contributed by atoms with van der Waals surface area (Å²) in [6.07, 6.45) is 0. The fraction of sp³-hybridized carbons (Fsp3) is 1.00. The normalized spacial score (nSPS) is 12.0. The summed E-state index contributed by atoms with van der Waals surface area (Å²) in [4.78, 5) is 0. The van der Waals surface area contributed by atoms with Gasteiger partial charge in [-0.2, -0.15) is 0 Å². The van der Waals surface area contributed by atoms with E-state index in [2.05, 4.69) is 0 Å². The molecule has 0 aliphatic carbocycles. The van der Waals surface area contributed by atoms with Gasteiger partial charge in [-0.05, 0) is 19.1 Å². The van der Waals surface area contributed by atoms with E-state index < -0.39 is 6.69 Å². The van der Waals surface area contributed by atoms with E-state index in [4.69, 9.17) is 27.9 Å². The largest absolute Gasteiger partial charge is 0.331 e. The molecule has 2 N–H and O–H groups in total. The summed E-state index contributed by atoms with van der Waals surface area (Å²) in [6, 6.07) is 0.788. The monoisotopic (exact) mass is 157 g/mol. The van der Waals surface area contributed by atoms with Crippen LogP contribution in [0.5, 0.6) is 0 Å².